The Morgan fingerprint density at radius 3 is 2.65 bits per heavy atom. The van der Waals surface area contributed by atoms with Gasteiger partial charge in [-0.15, -0.1) is 0 Å². The molecule has 0 aliphatic carbocycles. The van der Waals surface area contributed by atoms with E-state index in [9.17, 15) is 0 Å². The largest absolute Gasteiger partial charge is 0.381 e. The second kappa shape index (κ2) is 6.71. The molecular formula is C17H26N4O2. The van der Waals surface area contributed by atoms with E-state index in [1.807, 2.05) is 18.5 Å². The number of aromatic nitrogens is 2. The summed E-state index contributed by atoms with van der Waals surface area (Å²) in [5.74, 6) is 0.835. The minimum absolute atomic E-state index is 0.216. The van der Waals surface area contributed by atoms with E-state index >= 15 is 0 Å². The van der Waals surface area contributed by atoms with Crippen molar-refractivity contribution < 1.29 is 9.47 Å². The Hall–Kier alpha value is -1.24. The van der Waals surface area contributed by atoms with Gasteiger partial charge in [0.2, 0.25) is 5.95 Å². The van der Waals surface area contributed by atoms with E-state index < -0.39 is 0 Å². The number of likely N-dealkylation sites (tertiary alicyclic amines) is 1. The van der Waals surface area contributed by atoms with Gasteiger partial charge in [-0.25, -0.2) is 9.97 Å². The maximum atomic E-state index is 5.97. The highest BCUT2D eigenvalue weighted by atomic mass is 16.5. The van der Waals surface area contributed by atoms with Crippen LogP contribution < -0.4 is 4.90 Å². The fourth-order valence-electron chi connectivity index (χ4n) is 4.20. The molecule has 4 rings (SSSR count). The van der Waals surface area contributed by atoms with Gasteiger partial charge in [0.05, 0.1) is 13.2 Å². The van der Waals surface area contributed by atoms with Gasteiger partial charge in [-0.2, -0.15) is 0 Å². The van der Waals surface area contributed by atoms with Crippen LogP contribution >= 0.6 is 0 Å². The van der Waals surface area contributed by atoms with E-state index in [0.29, 0.717) is 6.04 Å². The van der Waals surface area contributed by atoms with E-state index in [-0.39, 0.29) is 5.41 Å². The van der Waals surface area contributed by atoms with Gasteiger partial charge in [-0.05, 0) is 31.9 Å². The molecule has 0 aromatic carbocycles. The van der Waals surface area contributed by atoms with Gasteiger partial charge < -0.3 is 14.4 Å². The fourth-order valence-corrected chi connectivity index (χ4v) is 4.20. The molecule has 1 unspecified atom stereocenters. The molecule has 3 aliphatic rings. The molecule has 3 fully saturated rings. The van der Waals surface area contributed by atoms with E-state index in [1.165, 1.54) is 25.8 Å². The lowest BCUT2D eigenvalue weighted by molar-refractivity contribution is 0.0302. The van der Waals surface area contributed by atoms with Gasteiger partial charge in [0.25, 0.3) is 0 Å². The van der Waals surface area contributed by atoms with Crippen LogP contribution in [-0.4, -0.2) is 73.5 Å². The van der Waals surface area contributed by atoms with Crippen molar-refractivity contribution >= 4 is 5.95 Å². The quantitative estimate of drug-likeness (QED) is 0.816. The minimum Gasteiger partial charge on any atom is -0.381 e. The number of ether oxygens (including phenoxy) is 2. The van der Waals surface area contributed by atoms with Crippen molar-refractivity contribution in [3.05, 3.63) is 18.5 Å². The highest BCUT2D eigenvalue weighted by Gasteiger charge is 2.43. The summed E-state index contributed by atoms with van der Waals surface area (Å²) >= 11 is 0. The predicted molar refractivity (Wildman–Crippen MR) is 87.5 cm³/mol. The standard InChI is InChI=1S/C17H26N4O2/c1-5-18-16(19-6-1)21-8-11-23-14-17(13-21)4-7-20(12-17)15-2-9-22-10-3-15/h1,5-6,15H,2-4,7-14H2. The Labute approximate surface area is 137 Å². The third kappa shape index (κ3) is 3.34. The molecule has 6 nitrogen and oxygen atoms in total. The first-order valence-corrected chi connectivity index (χ1v) is 8.76. The average Bonchev–Trinajstić information content (AvgIpc) is 2.91. The Morgan fingerprint density at radius 2 is 1.83 bits per heavy atom. The van der Waals surface area contributed by atoms with Crippen LogP contribution in [0, 0.1) is 5.41 Å². The molecule has 0 N–H and O–H groups in total. The average molecular weight is 318 g/mol. The molecule has 4 heterocycles. The monoisotopic (exact) mass is 318 g/mol. The summed E-state index contributed by atoms with van der Waals surface area (Å²) in [5.41, 5.74) is 0.216. The van der Waals surface area contributed by atoms with Gasteiger partial charge in [0.1, 0.15) is 0 Å². The predicted octanol–water partition coefficient (Wildman–Crippen LogP) is 1.18. The molecule has 0 bridgehead atoms. The zero-order valence-corrected chi connectivity index (χ0v) is 13.7. The third-order valence-corrected chi connectivity index (χ3v) is 5.45. The van der Waals surface area contributed by atoms with Crippen molar-refractivity contribution in [1.29, 1.82) is 0 Å². The summed E-state index contributed by atoms with van der Waals surface area (Å²) in [4.78, 5) is 13.8. The SMILES string of the molecule is c1cnc(N2CCOCC3(CCN(C4CCOCC4)C3)C2)nc1. The van der Waals surface area contributed by atoms with E-state index in [4.69, 9.17) is 9.47 Å². The van der Waals surface area contributed by atoms with Crippen LogP contribution in [0.4, 0.5) is 5.95 Å². The molecule has 1 aromatic heterocycles. The van der Waals surface area contributed by atoms with Crippen LogP contribution in [0.5, 0.6) is 0 Å². The summed E-state index contributed by atoms with van der Waals surface area (Å²) < 4.78 is 11.5. The Morgan fingerprint density at radius 1 is 1.00 bits per heavy atom. The number of rotatable bonds is 2. The number of hydrogen-bond acceptors (Lipinski definition) is 6. The Bertz CT molecular complexity index is 509. The first kappa shape index (κ1) is 15.3. The van der Waals surface area contributed by atoms with Crippen molar-refractivity contribution in [3.8, 4) is 0 Å². The summed E-state index contributed by atoms with van der Waals surface area (Å²) in [6, 6.07) is 2.56. The molecule has 3 aliphatic heterocycles. The molecule has 1 atom stereocenters. The van der Waals surface area contributed by atoms with Gasteiger partial charge in [-0.3, -0.25) is 4.90 Å². The molecule has 1 spiro atoms. The number of hydrogen-bond donors (Lipinski definition) is 0. The molecular weight excluding hydrogens is 292 g/mol. The zero-order valence-electron chi connectivity index (χ0n) is 13.7. The zero-order chi connectivity index (χ0) is 15.5. The van der Waals surface area contributed by atoms with Crippen LogP contribution in [-0.2, 0) is 9.47 Å². The first-order valence-electron chi connectivity index (χ1n) is 8.76. The molecule has 3 saturated heterocycles. The first-order chi connectivity index (χ1) is 11.3. The number of anilines is 1. The normalized spacial score (nSPS) is 30.7. The van der Waals surface area contributed by atoms with Gasteiger partial charge in [0.15, 0.2) is 0 Å². The third-order valence-electron chi connectivity index (χ3n) is 5.45. The molecule has 6 heteroatoms. The number of nitrogens with zero attached hydrogens (tertiary/aromatic N) is 4. The minimum atomic E-state index is 0.216. The Kier molecular flexibility index (Phi) is 4.46. The highest BCUT2D eigenvalue weighted by Crippen LogP contribution is 2.36. The smallest absolute Gasteiger partial charge is 0.225 e. The van der Waals surface area contributed by atoms with Gasteiger partial charge in [0, 0.05) is 56.7 Å². The summed E-state index contributed by atoms with van der Waals surface area (Å²) in [5, 5.41) is 0. The van der Waals surface area contributed by atoms with Crippen molar-refractivity contribution in [2.24, 2.45) is 5.41 Å². The lowest BCUT2D eigenvalue weighted by Gasteiger charge is -2.35. The summed E-state index contributed by atoms with van der Waals surface area (Å²) in [6.07, 6.45) is 7.19. The van der Waals surface area contributed by atoms with Crippen LogP contribution in [0.25, 0.3) is 0 Å². The molecule has 1 aromatic rings. The van der Waals surface area contributed by atoms with E-state index in [0.717, 1.165) is 52.0 Å². The lowest BCUT2D eigenvalue weighted by atomic mass is 9.87. The summed E-state index contributed by atoms with van der Waals surface area (Å²) in [7, 11) is 0. The molecule has 126 valence electrons. The maximum absolute atomic E-state index is 5.97. The lowest BCUT2D eigenvalue weighted by Crippen LogP contribution is -2.44. The van der Waals surface area contributed by atoms with Crippen molar-refractivity contribution in [2.45, 2.75) is 25.3 Å². The molecule has 0 amide bonds. The molecule has 23 heavy (non-hydrogen) atoms. The second-order valence-electron chi connectivity index (χ2n) is 7.09. The van der Waals surface area contributed by atoms with E-state index in [2.05, 4.69) is 19.8 Å². The van der Waals surface area contributed by atoms with Crippen molar-refractivity contribution in [3.63, 3.8) is 0 Å². The second-order valence-corrected chi connectivity index (χ2v) is 7.09. The Balaban J connectivity index is 1.46. The van der Waals surface area contributed by atoms with Crippen molar-refractivity contribution in [1.82, 2.24) is 14.9 Å². The van der Waals surface area contributed by atoms with Gasteiger partial charge >= 0.3 is 0 Å². The highest BCUT2D eigenvalue weighted by molar-refractivity contribution is 5.30. The molecule has 0 saturated carbocycles. The fraction of sp³-hybridized carbons (Fsp3) is 0.765. The summed E-state index contributed by atoms with van der Waals surface area (Å²) in [6.45, 7) is 7.62. The van der Waals surface area contributed by atoms with Crippen LogP contribution in [0.15, 0.2) is 18.5 Å². The van der Waals surface area contributed by atoms with Gasteiger partial charge in [-0.1, -0.05) is 0 Å². The van der Waals surface area contributed by atoms with Crippen molar-refractivity contribution in [2.75, 3.05) is 57.5 Å². The molecule has 0 radical (unpaired) electrons. The van der Waals surface area contributed by atoms with Crippen LogP contribution in [0.1, 0.15) is 19.3 Å². The van der Waals surface area contributed by atoms with E-state index in [1.54, 1.807) is 0 Å². The topological polar surface area (TPSA) is 50.7 Å². The maximum Gasteiger partial charge on any atom is 0.225 e. The van der Waals surface area contributed by atoms with Crippen LogP contribution in [0.3, 0.4) is 0 Å². The van der Waals surface area contributed by atoms with Crippen LogP contribution in [0.2, 0.25) is 0 Å².